The van der Waals surface area contributed by atoms with Gasteiger partial charge in [0.1, 0.15) is 12.7 Å². The van der Waals surface area contributed by atoms with Crippen LogP contribution in [-0.2, 0) is 37.3 Å². The molecular formula is C81H98O7. The van der Waals surface area contributed by atoms with Crippen LogP contribution in [0, 0.1) is 57.2 Å². The van der Waals surface area contributed by atoms with Crippen LogP contribution < -0.4 is 0 Å². The van der Waals surface area contributed by atoms with E-state index < -0.39 is 45.6 Å². The molecule has 464 valence electrons. The Hall–Kier alpha value is -5.34. The standard InChI is InChI=1S/C81H98O7/c1-53(18-15-23-54-19-7-4-8-20-54)33-42-79(85)45-44-75(2)51-67(88-74(84)59-26-16-24-56(47-59)46-55-21-9-5-10-22-55)73-76(3,39-37-68(82)81(73,79)80(75,86)43-34-57-48-69(83)87-52-57)62-36-41-77-40-35-60-50-78(61-27-11-6-12-28-61)38-14-13-30-65(78)64-32-31-58-25-17-29-63(66(77)49-62)70(58)71(64)72(60)77/h4-12,17,19-22,25,27-29,31-32,44-45,48,53,56,59-60,62,65-68,72-73,82,85-86H,13-16,18,23-24,26,30,33-43,46-47,49-52H2,1-3H3/t53-,56-,59+,60-,62-,65-,66+,67-,68+,72-,73+,75+,76+,77+,78+,79+,80-,81+/m1/s1. The maximum Gasteiger partial charge on any atom is 0.331 e. The average Bonchev–Trinajstić information content (AvgIpc) is 0.680. The number of carbonyl (C=O) groups is 2. The van der Waals surface area contributed by atoms with Crippen LogP contribution in [0.15, 0.2) is 145 Å². The molecule has 5 aromatic carbocycles. The lowest BCUT2D eigenvalue weighted by Crippen LogP contribution is -2.83. The third kappa shape index (κ3) is 9.14. The van der Waals surface area contributed by atoms with E-state index in [9.17, 15) is 20.1 Å². The summed E-state index contributed by atoms with van der Waals surface area (Å²) in [5, 5.41) is 46.3. The van der Waals surface area contributed by atoms with Crippen molar-refractivity contribution < 1.29 is 34.4 Å². The van der Waals surface area contributed by atoms with E-state index in [1.165, 1.54) is 72.4 Å². The van der Waals surface area contributed by atoms with Gasteiger partial charge < -0.3 is 24.8 Å². The molecule has 0 unspecified atom stereocenters. The molecule has 6 saturated carbocycles. The predicted octanol–water partition coefficient (Wildman–Crippen LogP) is 17.1. The minimum Gasteiger partial charge on any atom is -0.462 e. The summed E-state index contributed by atoms with van der Waals surface area (Å²) in [6, 6.07) is 45.5. The quantitative estimate of drug-likeness (QED) is 0.0666. The molecule has 5 aromatic rings. The smallest absolute Gasteiger partial charge is 0.331 e. The lowest BCUT2D eigenvalue weighted by Gasteiger charge is -2.76. The SMILES string of the molecule is C[C@H](CCCc1ccccc1)CC[C@]1(O)C=C[C@@]2(C)C[C@@H](OC(=O)[C@H]3CCC[C@H](Cc4ccccc4)C3)[C@H]3[C@](C)([C@@H]4CC[C@]56CC[C@@H]7C[C@]8(c9ccccc9)CCCC[C@@H]8c8ccc9cccc(c9c8[C@@H]75)[C@@H]6C4)CC[C@H](O)[C@]31[C@@]2(O)CCC1=CC(=O)OC1. The number of hydrogen-bond donors (Lipinski definition) is 3. The molecule has 0 saturated heterocycles. The van der Waals surface area contributed by atoms with Crippen molar-refractivity contribution in [3.63, 3.8) is 0 Å². The molecule has 88 heavy (non-hydrogen) atoms. The highest BCUT2D eigenvalue weighted by Crippen LogP contribution is 2.79. The third-order valence-corrected chi connectivity index (χ3v) is 27.5. The highest BCUT2D eigenvalue weighted by Gasteiger charge is 2.82. The van der Waals surface area contributed by atoms with Crippen LogP contribution in [0.5, 0.6) is 0 Å². The third-order valence-electron chi connectivity index (χ3n) is 27.5. The summed E-state index contributed by atoms with van der Waals surface area (Å²) in [6.07, 6.45) is 26.5. The van der Waals surface area contributed by atoms with Gasteiger partial charge in [0.2, 0.25) is 0 Å². The number of cyclic esters (lactones) is 1. The number of aliphatic hydroxyl groups excluding tert-OH is 1. The van der Waals surface area contributed by atoms with Gasteiger partial charge in [-0.1, -0.05) is 186 Å². The first-order chi connectivity index (χ1) is 42.6. The Balaban J connectivity index is 0.843. The molecule has 6 fully saturated rings. The second kappa shape index (κ2) is 22.5. The zero-order chi connectivity index (χ0) is 60.3. The number of ether oxygens (including phenoxy) is 2. The van der Waals surface area contributed by atoms with Gasteiger partial charge in [0, 0.05) is 22.8 Å². The number of hydrogen-bond acceptors (Lipinski definition) is 7. The molecule has 15 rings (SSSR count). The number of fused-ring (bicyclic) bond motifs is 4. The Morgan fingerprint density at radius 2 is 1.48 bits per heavy atom. The normalized spacial score (nSPS) is 39.7. The maximum atomic E-state index is 15.7. The molecule has 9 aliphatic carbocycles. The molecule has 0 aromatic heterocycles. The van der Waals surface area contributed by atoms with E-state index in [1.807, 2.05) is 6.08 Å². The number of esters is 2. The molecule has 7 heteroatoms. The van der Waals surface area contributed by atoms with E-state index in [-0.39, 0.29) is 53.6 Å². The van der Waals surface area contributed by atoms with E-state index in [0.717, 1.165) is 76.2 Å². The highest BCUT2D eigenvalue weighted by atomic mass is 16.5. The number of rotatable bonds is 16. The minimum absolute atomic E-state index is 0.0979. The number of aliphatic hydroxyl groups is 3. The lowest BCUT2D eigenvalue weighted by atomic mass is 9.31. The fraction of sp³-hybridized carbons (Fsp3) is 0.580. The number of aryl methyl sites for hydroxylation is 1. The molecule has 1 aliphatic heterocycles. The van der Waals surface area contributed by atoms with Gasteiger partial charge in [-0.3, -0.25) is 4.79 Å². The first-order valence-electron chi connectivity index (χ1n) is 35.2. The summed E-state index contributed by atoms with van der Waals surface area (Å²) >= 11 is 0. The monoisotopic (exact) mass is 1180 g/mol. The van der Waals surface area contributed by atoms with Crippen molar-refractivity contribution in [2.45, 2.75) is 228 Å². The van der Waals surface area contributed by atoms with Gasteiger partial charge >= 0.3 is 11.9 Å². The summed E-state index contributed by atoms with van der Waals surface area (Å²) in [6.45, 7) is 7.08. The van der Waals surface area contributed by atoms with E-state index in [1.54, 1.807) is 22.8 Å². The summed E-state index contributed by atoms with van der Waals surface area (Å²) in [5.41, 5.74) is 3.65. The Morgan fingerprint density at radius 3 is 2.26 bits per heavy atom. The van der Waals surface area contributed by atoms with Crippen molar-refractivity contribution in [3.05, 3.63) is 179 Å². The molecule has 18 atom stereocenters. The van der Waals surface area contributed by atoms with E-state index >= 15 is 4.79 Å². The summed E-state index contributed by atoms with van der Waals surface area (Å²) in [4.78, 5) is 28.4. The largest absolute Gasteiger partial charge is 0.462 e. The van der Waals surface area contributed by atoms with Crippen LogP contribution in [-0.4, -0.2) is 57.3 Å². The Labute approximate surface area is 524 Å². The van der Waals surface area contributed by atoms with Gasteiger partial charge in [-0.05, 0) is 230 Å². The van der Waals surface area contributed by atoms with E-state index in [4.69, 9.17) is 9.47 Å². The van der Waals surface area contributed by atoms with Crippen LogP contribution in [0.3, 0.4) is 0 Å². The van der Waals surface area contributed by atoms with E-state index in [0.29, 0.717) is 68.1 Å². The van der Waals surface area contributed by atoms with Crippen molar-refractivity contribution in [2.24, 2.45) is 57.2 Å². The molecule has 2 bridgehead atoms. The van der Waals surface area contributed by atoms with Crippen LogP contribution in [0.1, 0.15) is 220 Å². The fourth-order valence-corrected chi connectivity index (χ4v) is 23.6. The van der Waals surface area contributed by atoms with Crippen molar-refractivity contribution in [3.8, 4) is 0 Å². The first kappa shape index (κ1) is 59.0. The second-order valence-electron chi connectivity index (χ2n) is 31.5. The highest BCUT2D eigenvalue weighted by molar-refractivity contribution is 5.93. The zero-order valence-corrected chi connectivity index (χ0v) is 53.0. The van der Waals surface area contributed by atoms with Crippen LogP contribution in [0.2, 0.25) is 0 Å². The van der Waals surface area contributed by atoms with E-state index in [2.05, 4.69) is 148 Å². The molecule has 0 amide bonds. The summed E-state index contributed by atoms with van der Waals surface area (Å²) in [7, 11) is 0. The van der Waals surface area contributed by atoms with Gasteiger partial charge in [0.25, 0.3) is 0 Å². The van der Waals surface area contributed by atoms with Crippen molar-refractivity contribution in [1.82, 2.24) is 0 Å². The first-order valence-corrected chi connectivity index (χ1v) is 35.2. The van der Waals surface area contributed by atoms with Gasteiger partial charge in [-0.25, -0.2) is 4.79 Å². The van der Waals surface area contributed by atoms with Gasteiger partial charge in [-0.15, -0.1) is 0 Å². The molecule has 2 spiro atoms. The second-order valence-corrected chi connectivity index (χ2v) is 31.5. The Morgan fingerprint density at radius 1 is 0.705 bits per heavy atom. The molecule has 3 N–H and O–H groups in total. The van der Waals surface area contributed by atoms with Crippen molar-refractivity contribution >= 4 is 22.7 Å². The maximum absolute atomic E-state index is 15.7. The van der Waals surface area contributed by atoms with Crippen molar-refractivity contribution in [2.75, 3.05) is 6.61 Å². The van der Waals surface area contributed by atoms with Crippen LogP contribution >= 0.6 is 0 Å². The van der Waals surface area contributed by atoms with Crippen LogP contribution in [0.4, 0.5) is 0 Å². The van der Waals surface area contributed by atoms with Crippen LogP contribution in [0.25, 0.3) is 10.8 Å². The van der Waals surface area contributed by atoms with Gasteiger partial charge in [0.05, 0.1) is 28.6 Å². The predicted molar refractivity (Wildman–Crippen MR) is 348 cm³/mol. The summed E-state index contributed by atoms with van der Waals surface area (Å²) in [5.74, 6) is 1.29. The lowest BCUT2D eigenvalue weighted by molar-refractivity contribution is -0.363. The van der Waals surface area contributed by atoms with Crippen molar-refractivity contribution in [1.29, 1.82) is 0 Å². The zero-order valence-electron chi connectivity index (χ0n) is 53.0. The van der Waals surface area contributed by atoms with Gasteiger partial charge in [-0.2, -0.15) is 0 Å². The molecule has 7 nitrogen and oxygen atoms in total. The Bertz CT molecular complexity index is 3480. The average molecular weight is 1180 g/mol. The van der Waals surface area contributed by atoms with Gasteiger partial charge in [0.15, 0.2) is 0 Å². The molecule has 1 heterocycles. The summed E-state index contributed by atoms with van der Waals surface area (Å²) < 4.78 is 13.0. The molecule has 0 radical (unpaired) electrons. The number of benzene rings is 5. The minimum atomic E-state index is -1.67. The number of carbonyl (C=O) groups excluding carboxylic acids is 2. The molecule has 10 aliphatic rings. The fourth-order valence-electron chi connectivity index (χ4n) is 23.6. The molecular weight excluding hydrogens is 1080 g/mol. The Kier molecular flexibility index (Phi) is 15.1. The topological polar surface area (TPSA) is 113 Å².